The van der Waals surface area contributed by atoms with Crippen molar-refractivity contribution < 1.29 is 4.52 Å². The van der Waals surface area contributed by atoms with Crippen LogP contribution < -0.4 is 5.76 Å². The number of imidazole rings is 1. The second-order valence-corrected chi connectivity index (χ2v) is 10.6. The molecule has 1 fully saturated rings. The maximum Gasteiger partial charge on any atom is 0.439 e. The minimum atomic E-state index is -0.654. The number of hydrogen-bond acceptors (Lipinski definition) is 7. The monoisotopic (exact) mass is 509 g/mol. The van der Waals surface area contributed by atoms with Gasteiger partial charge < -0.3 is 4.57 Å². The van der Waals surface area contributed by atoms with Gasteiger partial charge in [-0.1, -0.05) is 62.0 Å². The van der Waals surface area contributed by atoms with Crippen LogP contribution in [0.3, 0.4) is 0 Å². The third kappa shape index (κ3) is 4.64. The number of nitrogens with zero attached hydrogens (tertiary/aromatic N) is 6. The van der Waals surface area contributed by atoms with Gasteiger partial charge in [0, 0.05) is 18.3 Å². The smallest absolute Gasteiger partial charge is 0.319 e. The van der Waals surface area contributed by atoms with Crippen LogP contribution >= 0.6 is 0 Å². The third-order valence-corrected chi connectivity index (χ3v) is 7.39. The number of aromatic nitrogens is 7. The molecule has 0 bridgehead atoms. The van der Waals surface area contributed by atoms with E-state index in [0.717, 1.165) is 40.4 Å². The van der Waals surface area contributed by atoms with Gasteiger partial charge in [0.05, 0.1) is 0 Å². The van der Waals surface area contributed by atoms with Crippen molar-refractivity contribution in [1.29, 1.82) is 0 Å². The highest BCUT2D eigenvalue weighted by molar-refractivity contribution is 5.91. The van der Waals surface area contributed by atoms with Crippen molar-refractivity contribution in [2.45, 2.75) is 65.3 Å². The molecule has 1 aliphatic carbocycles. The van der Waals surface area contributed by atoms with E-state index in [0.29, 0.717) is 17.5 Å². The molecule has 0 aliphatic heterocycles. The Hall–Kier alpha value is -4.14. The van der Waals surface area contributed by atoms with Crippen molar-refractivity contribution in [2.75, 3.05) is 0 Å². The molecule has 1 N–H and O–H groups in total. The van der Waals surface area contributed by atoms with Gasteiger partial charge in [0.15, 0.2) is 11.5 Å². The molecule has 0 spiro atoms. The van der Waals surface area contributed by atoms with E-state index in [2.05, 4.69) is 59.7 Å². The average molecular weight is 510 g/mol. The highest BCUT2D eigenvalue weighted by Gasteiger charge is 2.25. The molecule has 5 aromatic rings. The normalized spacial score (nSPS) is 14.5. The molecule has 9 nitrogen and oxygen atoms in total. The molecule has 4 heterocycles. The maximum atomic E-state index is 11.7. The van der Waals surface area contributed by atoms with Gasteiger partial charge in [0.25, 0.3) is 0 Å². The number of pyridine rings is 1. The number of fused-ring (bicyclic) bond motifs is 1. The summed E-state index contributed by atoms with van der Waals surface area (Å²) in [5.41, 5.74) is 6.24. The number of H-pyrrole nitrogens is 1. The summed E-state index contributed by atoms with van der Waals surface area (Å²) in [7, 11) is 0. The summed E-state index contributed by atoms with van der Waals surface area (Å²) >= 11 is 0. The van der Waals surface area contributed by atoms with Crippen LogP contribution in [0.1, 0.15) is 63.0 Å². The number of aryl methyl sites for hydroxylation is 1. The van der Waals surface area contributed by atoms with Crippen LogP contribution in [0.15, 0.2) is 51.9 Å². The predicted octanol–water partition coefficient (Wildman–Crippen LogP) is 5.91. The summed E-state index contributed by atoms with van der Waals surface area (Å²) in [5.74, 6) is 1.48. The van der Waals surface area contributed by atoms with E-state index in [-0.39, 0.29) is 11.6 Å². The largest absolute Gasteiger partial charge is 0.439 e. The molecule has 38 heavy (non-hydrogen) atoms. The molecule has 0 atom stereocenters. The lowest BCUT2D eigenvalue weighted by Gasteiger charge is -2.23. The number of rotatable bonds is 6. The summed E-state index contributed by atoms with van der Waals surface area (Å²) < 4.78 is 7.02. The Morgan fingerprint density at radius 3 is 2.66 bits per heavy atom. The lowest BCUT2D eigenvalue weighted by Crippen LogP contribution is -2.15. The fourth-order valence-electron chi connectivity index (χ4n) is 5.39. The summed E-state index contributed by atoms with van der Waals surface area (Å²) in [6.07, 6.45) is 8.03. The van der Waals surface area contributed by atoms with Crippen LogP contribution in [0, 0.1) is 12.8 Å². The Balaban J connectivity index is 1.63. The van der Waals surface area contributed by atoms with Crippen molar-refractivity contribution >= 4 is 11.2 Å². The van der Waals surface area contributed by atoms with Gasteiger partial charge in [-0.2, -0.15) is 0 Å². The molecule has 4 aromatic heterocycles. The first-order valence-corrected chi connectivity index (χ1v) is 13.3. The molecule has 1 saturated carbocycles. The Kier molecular flexibility index (Phi) is 6.35. The zero-order valence-corrected chi connectivity index (χ0v) is 21.9. The fraction of sp³-hybridized carbons (Fsp3) is 0.379. The molecule has 0 radical (unpaired) electrons. The molecule has 9 heteroatoms. The lowest BCUT2D eigenvalue weighted by atomic mass is 9.89. The zero-order valence-electron chi connectivity index (χ0n) is 21.9. The second-order valence-electron chi connectivity index (χ2n) is 10.6. The van der Waals surface area contributed by atoms with Crippen molar-refractivity contribution in [2.24, 2.45) is 5.92 Å². The minimum absolute atomic E-state index is 0.175. The fourth-order valence-corrected chi connectivity index (χ4v) is 5.39. The van der Waals surface area contributed by atoms with E-state index in [1.54, 1.807) is 0 Å². The van der Waals surface area contributed by atoms with Crippen molar-refractivity contribution in [3.8, 4) is 34.4 Å². The Morgan fingerprint density at radius 2 is 1.92 bits per heavy atom. The second kappa shape index (κ2) is 9.96. The highest BCUT2D eigenvalue weighted by Crippen LogP contribution is 2.35. The Morgan fingerprint density at radius 1 is 1.08 bits per heavy atom. The molecule has 194 valence electrons. The van der Waals surface area contributed by atoms with Gasteiger partial charge in [-0.25, -0.2) is 19.7 Å². The van der Waals surface area contributed by atoms with Gasteiger partial charge in [0.2, 0.25) is 11.6 Å². The zero-order chi connectivity index (χ0) is 26.2. The molecule has 0 saturated heterocycles. The number of aromatic amines is 1. The Labute approximate surface area is 220 Å². The molecular weight excluding hydrogens is 478 g/mol. The summed E-state index contributed by atoms with van der Waals surface area (Å²) in [6.45, 7) is 7.23. The maximum absolute atomic E-state index is 11.7. The first-order chi connectivity index (χ1) is 18.5. The summed E-state index contributed by atoms with van der Waals surface area (Å²) in [4.78, 5) is 33.8. The van der Waals surface area contributed by atoms with Crippen molar-refractivity contribution in [3.63, 3.8) is 0 Å². The molecule has 1 aromatic carbocycles. The topological polar surface area (TPSA) is 115 Å². The van der Waals surface area contributed by atoms with E-state index in [1.165, 1.54) is 37.7 Å². The van der Waals surface area contributed by atoms with Crippen LogP contribution in [0.4, 0.5) is 0 Å². The molecule has 0 amide bonds. The number of nitrogens with one attached hydrogen (secondary N) is 1. The van der Waals surface area contributed by atoms with Crippen molar-refractivity contribution in [3.05, 3.63) is 64.3 Å². The quantitative estimate of drug-likeness (QED) is 0.302. The van der Waals surface area contributed by atoms with E-state index < -0.39 is 5.76 Å². The van der Waals surface area contributed by atoms with E-state index in [4.69, 9.17) is 24.5 Å². The number of benzene rings is 1. The molecule has 1 aliphatic rings. The first kappa shape index (κ1) is 24.2. The van der Waals surface area contributed by atoms with E-state index >= 15 is 0 Å². The first-order valence-electron chi connectivity index (χ1n) is 13.3. The summed E-state index contributed by atoms with van der Waals surface area (Å²) in [6, 6.07) is 12.4. The van der Waals surface area contributed by atoms with Gasteiger partial charge in [-0.05, 0) is 55.4 Å². The Bertz CT molecular complexity index is 1660. The lowest BCUT2D eigenvalue weighted by molar-refractivity contribution is 0.323. The number of hydrogen-bond donors (Lipinski definition) is 1. The van der Waals surface area contributed by atoms with Crippen LogP contribution in [-0.2, 0) is 6.54 Å². The van der Waals surface area contributed by atoms with E-state index in [9.17, 15) is 4.79 Å². The standard InChI is InChI=1S/C29H31N7O2/c1-17(2)20-12-13-30-22(15-20)28-33-25-24(36(28)16-19-9-5-4-6-10-19)23(21-11-7-8-18(3)14-21)31-26(32-25)27-34-29(37)38-35-27/h7-8,11-15,17,19H,4-6,9-10,16H2,1-3H3,(H,34,35,37). The molecule has 6 rings (SSSR count). The van der Waals surface area contributed by atoms with Crippen molar-refractivity contribution in [1.82, 2.24) is 34.6 Å². The van der Waals surface area contributed by atoms with Gasteiger partial charge in [-0.15, -0.1) is 0 Å². The SMILES string of the molecule is Cc1cccc(-c2nc(-c3noc(=O)[nH]3)nc3nc(-c4cc(C(C)C)ccn4)n(CC4CCCCC4)c23)c1. The average Bonchev–Trinajstić information content (AvgIpc) is 3.52. The van der Waals surface area contributed by atoms with Gasteiger partial charge in [0.1, 0.15) is 16.9 Å². The van der Waals surface area contributed by atoms with E-state index in [1.807, 2.05) is 18.3 Å². The third-order valence-electron chi connectivity index (χ3n) is 7.39. The predicted molar refractivity (Wildman–Crippen MR) is 146 cm³/mol. The van der Waals surface area contributed by atoms with Crippen LogP contribution in [0.5, 0.6) is 0 Å². The van der Waals surface area contributed by atoms with Crippen LogP contribution in [0.25, 0.3) is 45.6 Å². The van der Waals surface area contributed by atoms with Crippen LogP contribution in [-0.4, -0.2) is 34.6 Å². The van der Waals surface area contributed by atoms with Gasteiger partial charge >= 0.3 is 5.76 Å². The molecule has 0 unspecified atom stereocenters. The molecular formula is C29H31N7O2. The highest BCUT2D eigenvalue weighted by atomic mass is 16.5. The minimum Gasteiger partial charge on any atom is -0.319 e. The van der Waals surface area contributed by atoms with Crippen LogP contribution in [0.2, 0.25) is 0 Å². The summed E-state index contributed by atoms with van der Waals surface area (Å²) in [5, 5.41) is 3.84. The van der Waals surface area contributed by atoms with Gasteiger partial charge in [-0.3, -0.25) is 14.5 Å².